The molecular weight excluding hydrogens is 232 g/mol. The van der Waals surface area contributed by atoms with Crippen LogP contribution in [0.2, 0.25) is 0 Å². The molecule has 1 aliphatic heterocycles. The second-order valence-corrected chi connectivity index (χ2v) is 4.46. The van der Waals surface area contributed by atoms with Crippen molar-refractivity contribution in [3.63, 3.8) is 0 Å². The topological polar surface area (TPSA) is 108 Å². The number of ether oxygens (including phenoxy) is 1. The summed E-state index contributed by atoms with van der Waals surface area (Å²) in [7, 11) is 0. The Hall–Kier alpha value is -1.95. The second kappa shape index (κ2) is 5.14. The maximum Gasteiger partial charge on any atom is 0.406 e. The number of amides is 1. The minimum atomic E-state index is -0.743. The monoisotopic (exact) mass is 250 g/mol. The zero-order valence-corrected chi connectivity index (χ0v) is 10.1. The van der Waals surface area contributed by atoms with E-state index in [4.69, 9.17) is 21.9 Å². The molecule has 1 saturated heterocycles. The molecule has 6 nitrogen and oxygen atoms in total. The van der Waals surface area contributed by atoms with Gasteiger partial charge in [-0.2, -0.15) is 0 Å². The molecule has 0 spiro atoms. The van der Waals surface area contributed by atoms with E-state index >= 15 is 0 Å². The predicted octanol–water partition coefficient (Wildman–Crippen LogP) is 0.868. The smallest absolute Gasteiger partial charge is 0.406 e. The summed E-state index contributed by atoms with van der Waals surface area (Å²) in [6.07, 6.45) is 0.765. The normalized spacial score (nSPS) is 19.9. The Balaban J connectivity index is 2.08. The largest absolute Gasteiger partial charge is 0.430 e. The Morgan fingerprint density at radius 1 is 1.44 bits per heavy atom. The molecule has 0 aliphatic carbocycles. The Bertz CT molecular complexity index is 450. The minimum absolute atomic E-state index is 0.261. The zero-order chi connectivity index (χ0) is 13.1. The SMILES string of the molecule is NC(=O)OC1CCCN1Cc1cc(N)ccc1N. The Labute approximate surface area is 106 Å². The fraction of sp³-hybridized carbons (Fsp3) is 0.417. The second-order valence-electron chi connectivity index (χ2n) is 4.46. The lowest BCUT2D eigenvalue weighted by Crippen LogP contribution is -2.34. The van der Waals surface area contributed by atoms with E-state index < -0.39 is 6.09 Å². The highest BCUT2D eigenvalue weighted by atomic mass is 16.6. The lowest BCUT2D eigenvalue weighted by molar-refractivity contribution is 0.0140. The molecule has 18 heavy (non-hydrogen) atoms. The molecule has 1 fully saturated rings. The van der Waals surface area contributed by atoms with Crippen molar-refractivity contribution in [1.29, 1.82) is 0 Å². The molecule has 2 rings (SSSR count). The summed E-state index contributed by atoms with van der Waals surface area (Å²) >= 11 is 0. The van der Waals surface area contributed by atoms with E-state index in [2.05, 4.69) is 0 Å². The van der Waals surface area contributed by atoms with Crippen molar-refractivity contribution in [1.82, 2.24) is 4.90 Å². The number of nitrogens with zero attached hydrogens (tertiary/aromatic N) is 1. The Kier molecular flexibility index (Phi) is 3.57. The van der Waals surface area contributed by atoms with Crippen molar-refractivity contribution in [2.75, 3.05) is 18.0 Å². The third-order valence-electron chi connectivity index (χ3n) is 3.10. The van der Waals surface area contributed by atoms with Crippen molar-refractivity contribution in [3.8, 4) is 0 Å². The fourth-order valence-corrected chi connectivity index (χ4v) is 2.23. The Morgan fingerprint density at radius 3 is 2.94 bits per heavy atom. The lowest BCUT2D eigenvalue weighted by Gasteiger charge is -2.24. The number of hydrogen-bond donors (Lipinski definition) is 3. The maximum atomic E-state index is 10.8. The van der Waals surface area contributed by atoms with Crippen molar-refractivity contribution in [3.05, 3.63) is 23.8 Å². The summed E-state index contributed by atoms with van der Waals surface area (Å²) < 4.78 is 5.06. The van der Waals surface area contributed by atoms with Crippen LogP contribution in [0.25, 0.3) is 0 Å². The standard InChI is InChI=1S/C12H18N4O2/c13-9-3-4-10(14)8(6-9)7-16-5-1-2-11(16)18-12(15)17/h3-4,6,11H,1-2,5,7,13-14H2,(H2,15,17). The number of primary amides is 1. The number of carbonyl (C=O) groups is 1. The predicted molar refractivity (Wildman–Crippen MR) is 69.4 cm³/mol. The van der Waals surface area contributed by atoms with Gasteiger partial charge < -0.3 is 21.9 Å². The highest BCUT2D eigenvalue weighted by Crippen LogP contribution is 2.24. The van der Waals surface area contributed by atoms with Crippen LogP contribution in [0, 0.1) is 0 Å². The molecule has 1 amide bonds. The number of hydrogen-bond acceptors (Lipinski definition) is 5. The van der Waals surface area contributed by atoms with Crippen LogP contribution in [-0.2, 0) is 11.3 Å². The Morgan fingerprint density at radius 2 is 2.22 bits per heavy atom. The molecule has 6 N–H and O–H groups in total. The van der Waals surface area contributed by atoms with Crippen molar-refractivity contribution in [2.45, 2.75) is 25.6 Å². The molecule has 1 atom stereocenters. The molecule has 1 aromatic carbocycles. The van der Waals surface area contributed by atoms with Crippen LogP contribution in [-0.4, -0.2) is 23.8 Å². The first-order chi connectivity index (χ1) is 8.56. The van der Waals surface area contributed by atoms with Crippen LogP contribution in [0.1, 0.15) is 18.4 Å². The first kappa shape index (κ1) is 12.5. The van der Waals surface area contributed by atoms with E-state index in [-0.39, 0.29) is 6.23 Å². The van der Waals surface area contributed by atoms with Crippen LogP contribution < -0.4 is 17.2 Å². The molecule has 0 radical (unpaired) electrons. The molecule has 0 bridgehead atoms. The van der Waals surface area contributed by atoms with E-state index in [0.717, 1.165) is 24.9 Å². The molecule has 0 aromatic heterocycles. The maximum absolute atomic E-state index is 10.8. The van der Waals surface area contributed by atoms with E-state index in [9.17, 15) is 4.79 Å². The molecule has 1 aromatic rings. The number of benzene rings is 1. The van der Waals surface area contributed by atoms with E-state index in [0.29, 0.717) is 17.9 Å². The van der Waals surface area contributed by atoms with Gasteiger partial charge in [-0.1, -0.05) is 0 Å². The summed E-state index contributed by atoms with van der Waals surface area (Å²) in [4.78, 5) is 12.8. The fourth-order valence-electron chi connectivity index (χ4n) is 2.23. The van der Waals surface area contributed by atoms with Gasteiger partial charge in [0.1, 0.15) is 0 Å². The summed E-state index contributed by atoms with van der Waals surface area (Å²) in [5.74, 6) is 0. The van der Waals surface area contributed by atoms with Crippen molar-refractivity contribution in [2.24, 2.45) is 5.73 Å². The third kappa shape index (κ3) is 2.84. The number of rotatable bonds is 3. The lowest BCUT2D eigenvalue weighted by atomic mass is 10.1. The number of likely N-dealkylation sites (tertiary alicyclic amines) is 1. The summed E-state index contributed by atoms with van der Waals surface area (Å²) in [6.45, 7) is 1.46. The van der Waals surface area contributed by atoms with Crippen LogP contribution in [0.3, 0.4) is 0 Å². The van der Waals surface area contributed by atoms with Gasteiger partial charge in [-0.15, -0.1) is 0 Å². The minimum Gasteiger partial charge on any atom is -0.430 e. The number of carbonyl (C=O) groups excluding carboxylic acids is 1. The van der Waals surface area contributed by atoms with Gasteiger partial charge in [0.2, 0.25) is 0 Å². The molecule has 98 valence electrons. The average Bonchev–Trinajstić information content (AvgIpc) is 2.70. The summed E-state index contributed by atoms with van der Waals surface area (Å²) in [5, 5.41) is 0. The quantitative estimate of drug-likeness (QED) is 0.690. The van der Waals surface area contributed by atoms with Gasteiger partial charge in [0, 0.05) is 24.5 Å². The van der Waals surface area contributed by atoms with Crippen LogP contribution in [0.4, 0.5) is 16.2 Å². The molecule has 0 saturated carbocycles. The van der Waals surface area contributed by atoms with E-state index in [1.54, 1.807) is 12.1 Å². The average molecular weight is 250 g/mol. The van der Waals surface area contributed by atoms with E-state index in [1.807, 2.05) is 11.0 Å². The van der Waals surface area contributed by atoms with Gasteiger partial charge in [0.15, 0.2) is 6.23 Å². The molecule has 6 heteroatoms. The van der Waals surface area contributed by atoms with Crippen LogP contribution in [0.15, 0.2) is 18.2 Å². The summed E-state index contributed by atoms with van der Waals surface area (Å²) in [5.41, 5.74) is 19.0. The molecule has 1 heterocycles. The highest BCUT2D eigenvalue weighted by Gasteiger charge is 2.27. The molecule has 1 unspecified atom stereocenters. The number of nitrogen functional groups attached to an aromatic ring is 2. The number of anilines is 2. The van der Waals surface area contributed by atoms with Gasteiger partial charge >= 0.3 is 6.09 Å². The number of nitrogens with two attached hydrogens (primary N) is 3. The third-order valence-corrected chi connectivity index (χ3v) is 3.10. The van der Waals surface area contributed by atoms with E-state index in [1.165, 1.54) is 0 Å². The molecule has 1 aliphatic rings. The highest BCUT2D eigenvalue weighted by molar-refractivity contribution is 5.64. The van der Waals surface area contributed by atoms with Crippen LogP contribution in [0.5, 0.6) is 0 Å². The van der Waals surface area contributed by atoms with Crippen molar-refractivity contribution >= 4 is 17.5 Å². The van der Waals surface area contributed by atoms with Gasteiger partial charge in [0.05, 0.1) is 0 Å². The van der Waals surface area contributed by atoms with Crippen LogP contribution >= 0.6 is 0 Å². The molecular formula is C12H18N4O2. The van der Waals surface area contributed by atoms with Gasteiger partial charge in [-0.05, 0) is 36.6 Å². The first-order valence-corrected chi connectivity index (χ1v) is 5.90. The summed E-state index contributed by atoms with van der Waals surface area (Å²) in [6, 6.07) is 5.39. The van der Waals surface area contributed by atoms with Gasteiger partial charge in [-0.25, -0.2) is 4.79 Å². The zero-order valence-electron chi connectivity index (χ0n) is 10.1. The van der Waals surface area contributed by atoms with Gasteiger partial charge in [-0.3, -0.25) is 4.90 Å². The van der Waals surface area contributed by atoms with Gasteiger partial charge in [0.25, 0.3) is 0 Å². The van der Waals surface area contributed by atoms with Crippen molar-refractivity contribution < 1.29 is 9.53 Å². The first-order valence-electron chi connectivity index (χ1n) is 5.90.